The minimum Gasteiger partial charge on any atom is -0.469 e. The molecular formula is C22H36O4. The molecule has 3 fully saturated rings. The number of hydrogen-bond donors (Lipinski definition) is 0. The van der Waals surface area contributed by atoms with E-state index in [4.69, 9.17) is 9.47 Å². The maximum Gasteiger partial charge on any atom is 0.309 e. The minimum absolute atomic E-state index is 0.0199. The Morgan fingerprint density at radius 3 is 1.62 bits per heavy atom. The van der Waals surface area contributed by atoms with Crippen LogP contribution in [0, 0.1) is 29.6 Å². The van der Waals surface area contributed by atoms with E-state index >= 15 is 0 Å². The van der Waals surface area contributed by atoms with Crippen LogP contribution >= 0.6 is 0 Å². The molecule has 0 radical (unpaired) electrons. The van der Waals surface area contributed by atoms with Crippen LogP contribution in [0.2, 0.25) is 0 Å². The highest BCUT2D eigenvalue weighted by molar-refractivity contribution is 5.75. The Hall–Kier alpha value is -1.06. The molecule has 0 saturated heterocycles. The van der Waals surface area contributed by atoms with Gasteiger partial charge in [0.2, 0.25) is 0 Å². The van der Waals surface area contributed by atoms with E-state index in [9.17, 15) is 9.59 Å². The third-order valence-corrected chi connectivity index (χ3v) is 7.32. The molecule has 26 heavy (non-hydrogen) atoms. The number of methoxy groups -OCH3 is 1. The number of hydrogen-bond acceptors (Lipinski definition) is 4. The lowest BCUT2D eigenvalue weighted by Crippen LogP contribution is -2.33. The summed E-state index contributed by atoms with van der Waals surface area (Å²) in [7, 11) is 1.44. The fourth-order valence-electron chi connectivity index (χ4n) is 5.43. The molecule has 3 aliphatic rings. The predicted molar refractivity (Wildman–Crippen MR) is 100 cm³/mol. The first kappa shape index (κ1) is 19.7. The van der Waals surface area contributed by atoms with Gasteiger partial charge in [-0.15, -0.1) is 0 Å². The summed E-state index contributed by atoms with van der Waals surface area (Å²) in [6.45, 7) is 2.38. The lowest BCUT2D eigenvalue weighted by Gasteiger charge is -2.37. The van der Waals surface area contributed by atoms with E-state index in [0.717, 1.165) is 56.3 Å². The van der Waals surface area contributed by atoms with Crippen molar-refractivity contribution in [2.24, 2.45) is 29.6 Å². The van der Waals surface area contributed by atoms with E-state index in [1.165, 1.54) is 45.6 Å². The van der Waals surface area contributed by atoms with Crippen molar-refractivity contribution in [1.82, 2.24) is 0 Å². The highest BCUT2D eigenvalue weighted by Gasteiger charge is 2.34. The first-order valence-corrected chi connectivity index (χ1v) is 10.8. The van der Waals surface area contributed by atoms with Gasteiger partial charge in [0.15, 0.2) is 0 Å². The van der Waals surface area contributed by atoms with E-state index in [2.05, 4.69) is 6.92 Å². The third kappa shape index (κ3) is 5.01. The summed E-state index contributed by atoms with van der Waals surface area (Å²) in [6.07, 6.45) is 13.3. The molecule has 0 atom stereocenters. The first-order valence-electron chi connectivity index (χ1n) is 10.8. The Morgan fingerprint density at radius 2 is 1.12 bits per heavy atom. The monoisotopic (exact) mass is 364 g/mol. The van der Waals surface area contributed by atoms with Crippen LogP contribution in [0.3, 0.4) is 0 Å². The molecule has 148 valence electrons. The Labute approximate surface area is 158 Å². The van der Waals surface area contributed by atoms with Crippen molar-refractivity contribution in [3.63, 3.8) is 0 Å². The van der Waals surface area contributed by atoms with Gasteiger partial charge in [-0.25, -0.2) is 0 Å². The number of ether oxygens (including phenoxy) is 2. The molecule has 0 unspecified atom stereocenters. The SMILES string of the molecule is COC(=O)C1CCC(C(=O)OC2CCC(C3CCC(C)CC3)CC2)CC1. The number of rotatable bonds is 4. The second-order valence-electron chi connectivity index (χ2n) is 9.07. The largest absolute Gasteiger partial charge is 0.469 e. The fraction of sp³-hybridized carbons (Fsp3) is 0.909. The van der Waals surface area contributed by atoms with E-state index < -0.39 is 0 Å². The van der Waals surface area contributed by atoms with Crippen LogP contribution in [0.1, 0.15) is 84.0 Å². The Bertz CT molecular complexity index is 465. The average molecular weight is 365 g/mol. The van der Waals surface area contributed by atoms with Crippen LogP contribution in [0.4, 0.5) is 0 Å². The molecule has 4 heteroatoms. The summed E-state index contributed by atoms with van der Waals surface area (Å²) in [5.74, 6) is 2.48. The van der Waals surface area contributed by atoms with Crippen LogP contribution in [0.5, 0.6) is 0 Å². The number of carbonyl (C=O) groups is 2. The predicted octanol–water partition coefficient (Wildman–Crippen LogP) is 4.89. The topological polar surface area (TPSA) is 52.6 Å². The maximum atomic E-state index is 12.5. The normalized spacial score (nSPS) is 38.4. The van der Waals surface area contributed by atoms with Crippen LogP contribution < -0.4 is 0 Å². The molecule has 0 amide bonds. The van der Waals surface area contributed by atoms with E-state index in [-0.39, 0.29) is 29.9 Å². The zero-order valence-electron chi connectivity index (χ0n) is 16.6. The Balaban J connectivity index is 1.37. The molecule has 3 rings (SSSR count). The zero-order valence-corrected chi connectivity index (χ0v) is 16.6. The van der Waals surface area contributed by atoms with Gasteiger partial charge < -0.3 is 9.47 Å². The van der Waals surface area contributed by atoms with Crippen molar-refractivity contribution in [2.75, 3.05) is 7.11 Å². The lowest BCUT2D eigenvalue weighted by atomic mass is 9.71. The van der Waals surface area contributed by atoms with E-state index in [0.29, 0.717) is 0 Å². The summed E-state index contributed by atoms with van der Waals surface area (Å²) < 4.78 is 10.7. The second-order valence-corrected chi connectivity index (χ2v) is 9.07. The number of esters is 2. The number of carbonyl (C=O) groups excluding carboxylic acids is 2. The fourth-order valence-corrected chi connectivity index (χ4v) is 5.43. The third-order valence-electron chi connectivity index (χ3n) is 7.32. The van der Waals surface area contributed by atoms with Gasteiger partial charge >= 0.3 is 11.9 Å². The van der Waals surface area contributed by atoms with Crippen LogP contribution in [-0.4, -0.2) is 25.2 Å². The minimum atomic E-state index is -0.132. The average Bonchev–Trinajstić information content (AvgIpc) is 2.69. The smallest absolute Gasteiger partial charge is 0.309 e. The summed E-state index contributed by atoms with van der Waals surface area (Å²) in [5.41, 5.74) is 0. The molecule has 0 aromatic rings. The summed E-state index contributed by atoms with van der Waals surface area (Å²) in [4.78, 5) is 24.1. The molecule has 4 nitrogen and oxygen atoms in total. The molecule has 0 N–H and O–H groups in total. The van der Waals surface area contributed by atoms with Gasteiger partial charge in [0.25, 0.3) is 0 Å². The first-order chi connectivity index (χ1) is 12.6. The molecule has 0 aliphatic heterocycles. The molecule has 0 aromatic carbocycles. The molecular weight excluding hydrogens is 328 g/mol. The molecule has 3 aliphatic carbocycles. The molecule has 0 heterocycles. The van der Waals surface area contributed by atoms with Gasteiger partial charge in [0.1, 0.15) is 6.10 Å². The summed E-state index contributed by atoms with van der Waals surface area (Å²) in [6, 6.07) is 0. The zero-order chi connectivity index (χ0) is 18.5. The van der Waals surface area contributed by atoms with Gasteiger partial charge in [-0.05, 0) is 82.0 Å². The van der Waals surface area contributed by atoms with Crippen molar-refractivity contribution < 1.29 is 19.1 Å². The quantitative estimate of drug-likeness (QED) is 0.666. The van der Waals surface area contributed by atoms with Crippen molar-refractivity contribution >= 4 is 11.9 Å². The van der Waals surface area contributed by atoms with Crippen molar-refractivity contribution in [3.05, 3.63) is 0 Å². The molecule has 0 aromatic heterocycles. The van der Waals surface area contributed by atoms with Gasteiger partial charge in [-0.1, -0.05) is 19.8 Å². The molecule has 0 spiro atoms. The van der Waals surface area contributed by atoms with Gasteiger partial charge in [-0.3, -0.25) is 9.59 Å². The molecule has 0 bridgehead atoms. The van der Waals surface area contributed by atoms with Crippen LogP contribution in [0.25, 0.3) is 0 Å². The van der Waals surface area contributed by atoms with Crippen molar-refractivity contribution in [3.8, 4) is 0 Å². The summed E-state index contributed by atoms with van der Waals surface area (Å²) >= 11 is 0. The highest BCUT2D eigenvalue weighted by atomic mass is 16.5. The van der Waals surface area contributed by atoms with Gasteiger partial charge in [-0.2, -0.15) is 0 Å². The second kappa shape index (κ2) is 9.23. The Kier molecular flexibility index (Phi) is 6.99. The van der Waals surface area contributed by atoms with Gasteiger partial charge in [0.05, 0.1) is 18.9 Å². The van der Waals surface area contributed by atoms with E-state index in [1.54, 1.807) is 0 Å². The van der Waals surface area contributed by atoms with Crippen molar-refractivity contribution in [2.45, 2.75) is 90.1 Å². The van der Waals surface area contributed by atoms with Crippen LogP contribution in [-0.2, 0) is 19.1 Å². The Morgan fingerprint density at radius 1 is 0.654 bits per heavy atom. The lowest BCUT2D eigenvalue weighted by molar-refractivity contribution is -0.159. The summed E-state index contributed by atoms with van der Waals surface area (Å²) in [5, 5.41) is 0. The molecule has 3 saturated carbocycles. The highest BCUT2D eigenvalue weighted by Crippen LogP contribution is 2.40. The van der Waals surface area contributed by atoms with Gasteiger partial charge in [0, 0.05) is 0 Å². The van der Waals surface area contributed by atoms with Crippen LogP contribution in [0.15, 0.2) is 0 Å². The standard InChI is InChI=1S/C22H36O4/c1-15-3-5-16(6-4-15)17-11-13-20(14-12-17)26-22(24)19-9-7-18(8-10-19)21(23)25-2/h15-20H,3-14H2,1-2H3. The maximum absolute atomic E-state index is 12.5. The van der Waals surface area contributed by atoms with Crippen molar-refractivity contribution in [1.29, 1.82) is 0 Å². The van der Waals surface area contributed by atoms with E-state index in [1.807, 2.05) is 0 Å².